The van der Waals surface area contributed by atoms with Crippen LogP contribution in [0.25, 0.3) is 22.2 Å². The number of fused-ring (bicyclic) bond motifs is 1. The summed E-state index contributed by atoms with van der Waals surface area (Å²) >= 11 is 0. The lowest BCUT2D eigenvalue weighted by Crippen LogP contribution is -1.84. The van der Waals surface area contributed by atoms with Crippen molar-refractivity contribution in [3.8, 4) is 22.8 Å². The zero-order valence-electron chi connectivity index (χ0n) is 11.1. The third kappa shape index (κ3) is 2.25. The van der Waals surface area contributed by atoms with Crippen LogP contribution in [-0.2, 0) is 0 Å². The number of aromatic amines is 2. The molecule has 2 heterocycles. The molecule has 0 atom stereocenters. The molecule has 0 saturated heterocycles. The van der Waals surface area contributed by atoms with Gasteiger partial charge in [-0.25, -0.2) is 0 Å². The van der Waals surface area contributed by atoms with E-state index < -0.39 is 0 Å². The fourth-order valence-corrected chi connectivity index (χ4v) is 2.24. The zero-order valence-corrected chi connectivity index (χ0v) is 11.1. The first-order valence-corrected chi connectivity index (χ1v) is 6.59. The summed E-state index contributed by atoms with van der Waals surface area (Å²) in [6, 6.07) is 15.6. The van der Waals surface area contributed by atoms with Crippen LogP contribution < -0.4 is 4.74 Å². The maximum absolute atomic E-state index is 5.86. The van der Waals surface area contributed by atoms with Crippen molar-refractivity contribution in [3.05, 3.63) is 60.9 Å². The molecule has 2 aromatic heterocycles. The Labute approximate surface area is 120 Å². The highest BCUT2D eigenvalue weighted by Gasteiger charge is 2.02. The largest absolute Gasteiger partial charge is 0.457 e. The Morgan fingerprint density at radius 1 is 0.810 bits per heavy atom. The molecule has 21 heavy (non-hydrogen) atoms. The van der Waals surface area contributed by atoms with Gasteiger partial charge in [0.1, 0.15) is 11.5 Å². The van der Waals surface area contributed by atoms with Crippen molar-refractivity contribution in [1.29, 1.82) is 0 Å². The predicted molar refractivity (Wildman–Crippen MR) is 80.2 cm³/mol. The van der Waals surface area contributed by atoms with E-state index in [-0.39, 0.29) is 0 Å². The van der Waals surface area contributed by atoms with Crippen LogP contribution in [0, 0.1) is 0 Å². The van der Waals surface area contributed by atoms with E-state index >= 15 is 0 Å². The van der Waals surface area contributed by atoms with Crippen LogP contribution in [0.1, 0.15) is 0 Å². The number of aromatic nitrogens is 4. The predicted octanol–water partition coefficient (Wildman–Crippen LogP) is 3.75. The minimum atomic E-state index is 0.790. The van der Waals surface area contributed by atoms with Gasteiger partial charge >= 0.3 is 0 Å². The SMILES string of the molecule is c1cc(-c2ccc(Oc3ccc4[nH]ncc4c3)cc2)[nH]n1. The van der Waals surface area contributed by atoms with E-state index in [4.69, 9.17) is 4.74 Å². The summed E-state index contributed by atoms with van der Waals surface area (Å²) in [4.78, 5) is 0. The molecule has 0 aliphatic rings. The van der Waals surface area contributed by atoms with Crippen LogP contribution in [0.4, 0.5) is 0 Å². The highest BCUT2D eigenvalue weighted by Crippen LogP contribution is 2.26. The average molecular weight is 276 g/mol. The Morgan fingerprint density at radius 2 is 1.67 bits per heavy atom. The van der Waals surface area contributed by atoms with E-state index in [1.54, 1.807) is 12.4 Å². The van der Waals surface area contributed by atoms with Gasteiger partial charge in [0.2, 0.25) is 0 Å². The minimum Gasteiger partial charge on any atom is -0.457 e. The van der Waals surface area contributed by atoms with Gasteiger partial charge in [-0.2, -0.15) is 10.2 Å². The van der Waals surface area contributed by atoms with E-state index in [1.807, 2.05) is 48.5 Å². The lowest BCUT2D eigenvalue weighted by atomic mass is 10.1. The van der Waals surface area contributed by atoms with Crippen molar-refractivity contribution in [2.45, 2.75) is 0 Å². The topological polar surface area (TPSA) is 66.6 Å². The zero-order chi connectivity index (χ0) is 14.1. The van der Waals surface area contributed by atoms with E-state index in [1.165, 1.54) is 0 Å². The van der Waals surface area contributed by atoms with E-state index in [2.05, 4.69) is 20.4 Å². The Balaban J connectivity index is 1.59. The van der Waals surface area contributed by atoms with Crippen LogP contribution in [0.5, 0.6) is 11.5 Å². The molecule has 0 amide bonds. The minimum absolute atomic E-state index is 0.790. The normalized spacial score (nSPS) is 10.9. The smallest absolute Gasteiger partial charge is 0.128 e. The summed E-state index contributed by atoms with van der Waals surface area (Å²) in [6.07, 6.45) is 3.52. The molecule has 0 spiro atoms. The molecule has 5 nitrogen and oxygen atoms in total. The maximum atomic E-state index is 5.86. The number of hydrogen-bond acceptors (Lipinski definition) is 3. The molecule has 0 saturated carbocycles. The van der Waals surface area contributed by atoms with Crippen molar-refractivity contribution in [2.75, 3.05) is 0 Å². The van der Waals surface area contributed by atoms with Crippen molar-refractivity contribution in [2.24, 2.45) is 0 Å². The molecule has 2 aromatic carbocycles. The number of H-pyrrole nitrogens is 2. The van der Waals surface area contributed by atoms with Crippen LogP contribution in [0.2, 0.25) is 0 Å². The van der Waals surface area contributed by atoms with Crippen LogP contribution >= 0.6 is 0 Å². The van der Waals surface area contributed by atoms with Crippen molar-refractivity contribution >= 4 is 10.9 Å². The van der Waals surface area contributed by atoms with Gasteiger partial charge in [0, 0.05) is 11.6 Å². The summed E-state index contributed by atoms with van der Waals surface area (Å²) in [7, 11) is 0. The quantitative estimate of drug-likeness (QED) is 0.599. The van der Waals surface area contributed by atoms with Gasteiger partial charge in [0.25, 0.3) is 0 Å². The fraction of sp³-hybridized carbons (Fsp3) is 0. The first-order chi connectivity index (χ1) is 10.4. The maximum Gasteiger partial charge on any atom is 0.128 e. The standard InChI is InChI=1S/C16H12N4O/c1-3-13(4-2-11(1)16-7-8-17-19-16)21-14-5-6-15-12(9-14)10-18-20-15/h1-10H,(H,17,19)(H,18,20). The molecule has 4 aromatic rings. The van der Waals surface area contributed by atoms with Crippen LogP contribution in [0.3, 0.4) is 0 Å². The number of rotatable bonds is 3. The van der Waals surface area contributed by atoms with Gasteiger partial charge in [0.05, 0.1) is 17.4 Å². The lowest BCUT2D eigenvalue weighted by molar-refractivity contribution is 0.483. The van der Waals surface area contributed by atoms with Crippen molar-refractivity contribution in [3.63, 3.8) is 0 Å². The molecule has 5 heteroatoms. The van der Waals surface area contributed by atoms with Crippen molar-refractivity contribution in [1.82, 2.24) is 20.4 Å². The van der Waals surface area contributed by atoms with E-state index in [0.29, 0.717) is 0 Å². The highest BCUT2D eigenvalue weighted by atomic mass is 16.5. The second-order valence-electron chi connectivity index (χ2n) is 4.72. The van der Waals surface area contributed by atoms with Crippen molar-refractivity contribution < 1.29 is 4.74 Å². The molecule has 0 unspecified atom stereocenters. The third-order valence-electron chi connectivity index (χ3n) is 3.31. The Hall–Kier alpha value is -3.08. The summed E-state index contributed by atoms with van der Waals surface area (Å²) in [6.45, 7) is 0. The van der Waals surface area contributed by atoms with Gasteiger partial charge in [-0.05, 0) is 54.1 Å². The number of nitrogens with one attached hydrogen (secondary N) is 2. The molecule has 2 N–H and O–H groups in total. The van der Waals surface area contributed by atoms with Crippen LogP contribution in [-0.4, -0.2) is 20.4 Å². The van der Waals surface area contributed by atoms with Gasteiger partial charge < -0.3 is 4.74 Å². The monoisotopic (exact) mass is 276 g/mol. The number of ether oxygens (including phenoxy) is 1. The lowest BCUT2D eigenvalue weighted by Gasteiger charge is -2.06. The summed E-state index contributed by atoms with van der Waals surface area (Å²) < 4.78 is 5.86. The molecule has 0 aliphatic heterocycles. The van der Waals surface area contributed by atoms with E-state index in [9.17, 15) is 0 Å². The number of hydrogen-bond donors (Lipinski definition) is 2. The summed E-state index contributed by atoms with van der Waals surface area (Å²) in [5.74, 6) is 1.58. The summed E-state index contributed by atoms with van der Waals surface area (Å²) in [5, 5.41) is 14.8. The first-order valence-electron chi connectivity index (χ1n) is 6.59. The Morgan fingerprint density at radius 3 is 2.48 bits per heavy atom. The summed E-state index contributed by atoms with van der Waals surface area (Å²) in [5.41, 5.74) is 3.06. The van der Waals surface area contributed by atoms with Crippen LogP contribution in [0.15, 0.2) is 60.9 Å². The Kier molecular flexibility index (Phi) is 2.67. The Bertz CT molecular complexity index is 863. The van der Waals surface area contributed by atoms with Gasteiger partial charge in [-0.15, -0.1) is 0 Å². The highest BCUT2D eigenvalue weighted by molar-refractivity contribution is 5.79. The van der Waals surface area contributed by atoms with Gasteiger partial charge in [0.15, 0.2) is 0 Å². The fourth-order valence-electron chi connectivity index (χ4n) is 2.24. The number of nitrogens with zero attached hydrogens (tertiary/aromatic N) is 2. The van der Waals surface area contributed by atoms with Gasteiger partial charge in [-0.3, -0.25) is 10.2 Å². The molecule has 102 valence electrons. The number of benzene rings is 2. The molecule has 0 aliphatic carbocycles. The molecular weight excluding hydrogens is 264 g/mol. The second-order valence-corrected chi connectivity index (χ2v) is 4.72. The molecule has 0 bridgehead atoms. The molecular formula is C16H12N4O. The van der Waals surface area contributed by atoms with E-state index in [0.717, 1.165) is 33.7 Å². The molecule has 4 rings (SSSR count). The molecule has 0 radical (unpaired) electrons. The third-order valence-corrected chi connectivity index (χ3v) is 3.31. The average Bonchev–Trinajstić information content (AvgIpc) is 3.19. The first kappa shape index (κ1) is 11.7. The van der Waals surface area contributed by atoms with Gasteiger partial charge in [-0.1, -0.05) is 0 Å². The molecule has 0 fully saturated rings. The second kappa shape index (κ2) is 4.79.